The van der Waals surface area contributed by atoms with Gasteiger partial charge in [0.25, 0.3) is 0 Å². The second-order valence-electron chi connectivity index (χ2n) is 5.13. The van der Waals surface area contributed by atoms with Crippen molar-refractivity contribution in [2.24, 2.45) is 0 Å². The fourth-order valence-electron chi connectivity index (χ4n) is 2.49. The Morgan fingerprint density at radius 2 is 2.20 bits per heavy atom. The van der Waals surface area contributed by atoms with Crippen molar-refractivity contribution in [3.63, 3.8) is 0 Å². The summed E-state index contributed by atoms with van der Waals surface area (Å²) < 4.78 is 0. The minimum atomic E-state index is -0.139. The van der Waals surface area contributed by atoms with Gasteiger partial charge in [0.1, 0.15) is 6.07 Å². The lowest BCUT2D eigenvalue weighted by Crippen LogP contribution is -2.35. The fourth-order valence-corrected chi connectivity index (χ4v) is 3.41. The largest absolute Gasteiger partial charge is 0.350 e. The Bertz CT molecular complexity index is 533. The van der Waals surface area contributed by atoms with Crippen molar-refractivity contribution < 1.29 is 4.79 Å². The van der Waals surface area contributed by atoms with Crippen LogP contribution in [0.4, 0.5) is 0 Å². The van der Waals surface area contributed by atoms with Gasteiger partial charge in [0.05, 0.1) is 5.57 Å². The molecule has 1 aliphatic rings. The van der Waals surface area contributed by atoms with Gasteiger partial charge in [0.15, 0.2) is 0 Å². The molecule has 1 aliphatic carbocycles. The van der Waals surface area contributed by atoms with Crippen molar-refractivity contribution in [1.82, 2.24) is 5.32 Å². The van der Waals surface area contributed by atoms with Crippen LogP contribution in [0.3, 0.4) is 0 Å². The van der Waals surface area contributed by atoms with Gasteiger partial charge in [-0.05, 0) is 31.4 Å². The highest BCUT2D eigenvalue weighted by Crippen LogP contribution is 2.24. The van der Waals surface area contributed by atoms with Crippen molar-refractivity contribution >= 4 is 22.8 Å². The number of rotatable bonds is 4. The third-order valence-corrected chi connectivity index (χ3v) is 4.89. The molecule has 1 aromatic rings. The molecular formula is C16H20N2OS. The Labute approximate surface area is 124 Å². The highest BCUT2D eigenvalue weighted by Gasteiger charge is 2.15. The van der Waals surface area contributed by atoms with Gasteiger partial charge in [-0.15, -0.1) is 11.3 Å². The molecule has 106 valence electrons. The quantitative estimate of drug-likeness (QED) is 0.679. The summed E-state index contributed by atoms with van der Waals surface area (Å²) in [7, 11) is 0. The van der Waals surface area contributed by atoms with Crippen LogP contribution in [-0.2, 0) is 11.2 Å². The number of hydrogen-bond acceptors (Lipinski definition) is 3. The molecule has 1 aromatic heterocycles. The molecule has 0 aliphatic heterocycles. The maximum atomic E-state index is 12.0. The van der Waals surface area contributed by atoms with E-state index in [2.05, 4.69) is 18.3 Å². The van der Waals surface area contributed by atoms with Crippen LogP contribution in [0.5, 0.6) is 0 Å². The van der Waals surface area contributed by atoms with Gasteiger partial charge in [-0.3, -0.25) is 4.79 Å². The summed E-state index contributed by atoms with van der Waals surface area (Å²) in [6, 6.07) is 6.36. The number of hydrogen-bond donors (Lipinski definition) is 1. The molecule has 1 heterocycles. The minimum Gasteiger partial charge on any atom is -0.350 e. The zero-order chi connectivity index (χ0) is 14.4. The van der Waals surface area contributed by atoms with Crippen molar-refractivity contribution in [2.75, 3.05) is 0 Å². The third-order valence-electron chi connectivity index (χ3n) is 3.62. The Kier molecular flexibility index (Phi) is 5.37. The second-order valence-corrected chi connectivity index (χ2v) is 6.30. The van der Waals surface area contributed by atoms with Crippen molar-refractivity contribution in [3.05, 3.63) is 28.0 Å². The molecule has 20 heavy (non-hydrogen) atoms. The van der Waals surface area contributed by atoms with Gasteiger partial charge < -0.3 is 5.32 Å². The predicted octanol–water partition coefficient (Wildman–Crippen LogP) is 3.67. The van der Waals surface area contributed by atoms with E-state index in [1.165, 1.54) is 30.2 Å². The van der Waals surface area contributed by atoms with E-state index in [0.29, 0.717) is 5.57 Å². The summed E-state index contributed by atoms with van der Waals surface area (Å²) in [6.07, 6.45) is 8.15. The standard InChI is InChI=1S/C16H20N2OS/c1-2-14-8-9-15(20-14)12(11-17)10-16(19)18-13-6-4-3-5-7-13/h8-10,13H,2-7H2,1H3,(H,18,19)/b12-10-. The Morgan fingerprint density at radius 3 is 2.80 bits per heavy atom. The average molecular weight is 288 g/mol. The van der Waals surface area contributed by atoms with Crippen LogP contribution in [-0.4, -0.2) is 11.9 Å². The molecule has 2 rings (SSSR count). The van der Waals surface area contributed by atoms with Crippen molar-refractivity contribution in [2.45, 2.75) is 51.5 Å². The molecule has 1 amide bonds. The number of nitriles is 1. The lowest BCUT2D eigenvalue weighted by atomic mass is 9.95. The second kappa shape index (κ2) is 7.25. The Balaban J connectivity index is 2.02. The summed E-state index contributed by atoms with van der Waals surface area (Å²) in [6.45, 7) is 2.08. The lowest BCUT2D eigenvalue weighted by molar-refractivity contribution is -0.117. The smallest absolute Gasteiger partial charge is 0.245 e. The monoisotopic (exact) mass is 288 g/mol. The molecule has 0 radical (unpaired) electrons. The fraction of sp³-hybridized carbons (Fsp3) is 0.500. The van der Waals surface area contributed by atoms with Crippen LogP contribution in [0.1, 0.15) is 48.8 Å². The number of nitrogens with zero attached hydrogens (tertiary/aromatic N) is 1. The van der Waals surface area contributed by atoms with Crippen molar-refractivity contribution in [3.8, 4) is 6.07 Å². The molecule has 0 aromatic carbocycles. The topological polar surface area (TPSA) is 52.9 Å². The maximum absolute atomic E-state index is 12.0. The number of amides is 1. The van der Waals surface area contributed by atoms with Crippen LogP contribution in [0.25, 0.3) is 5.57 Å². The van der Waals surface area contributed by atoms with E-state index in [-0.39, 0.29) is 11.9 Å². The Hall–Kier alpha value is -1.60. The molecule has 1 fully saturated rings. The van der Waals surface area contributed by atoms with Crippen LogP contribution in [0.15, 0.2) is 18.2 Å². The molecule has 0 unspecified atom stereocenters. The molecule has 4 heteroatoms. The van der Waals surface area contributed by atoms with Crippen LogP contribution >= 0.6 is 11.3 Å². The van der Waals surface area contributed by atoms with E-state index >= 15 is 0 Å². The zero-order valence-electron chi connectivity index (χ0n) is 11.8. The van der Waals surface area contributed by atoms with Crippen LogP contribution in [0.2, 0.25) is 0 Å². The summed E-state index contributed by atoms with van der Waals surface area (Å²) in [5.74, 6) is -0.139. The van der Waals surface area contributed by atoms with Gasteiger partial charge in [-0.1, -0.05) is 26.2 Å². The zero-order valence-corrected chi connectivity index (χ0v) is 12.6. The lowest BCUT2D eigenvalue weighted by Gasteiger charge is -2.21. The van der Waals surface area contributed by atoms with E-state index < -0.39 is 0 Å². The van der Waals surface area contributed by atoms with E-state index in [4.69, 9.17) is 0 Å². The number of thiophene rings is 1. The van der Waals surface area contributed by atoms with E-state index in [9.17, 15) is 10.1 Å². The van der Waals surface area contributed by atoms with E-state index in [1.54, 1.807) is 11.3 Å². The third kappa shape index (κ3) is 3.94. The van der Waals surface area contributed by atoms with Crippen molar-refractivity contribution in [1.29, 1.82) is 5.26 Å². The first kappa shape index (κ1) is 14.8. The summed E-state index contributed by atoms with van der Waals surface area (Å²) >= 11 is 1.58. The minimum absolute atomic E-state index is 0.139. The molecule has 0 spiro atoms. The van der Waals surface area contributed by atoms with Gasteiger partial charge >= 0.3 is 0 Å². The van der Waals surface area contributed by atoms with Crippen LogP contribution in [0, 0.1) is 11.3 Å². The highest BCUT2D eigenvalue weighted by molar-refractivity contribution is 7.13. The number of carbonyl (C=O) groups is 1. The maximum Gasteiger partial charge on any atom is 0.245 e. The number of allylic oxidation sites excluding steroid dienone is 1. The van der Waals surface area contributed by atoms with Gasteiger partial charge in [0.2, 0.25) is 5.91 Å². The molecule has 3 nitrogen and oxygen atoms in total. The average Bonchev–Trinajstić information content (AvgIpc) is 2.94. The molecule has 0 saturated heterocycles. The summed E-state index contributed by atoms with van der Waals surface area (Å²) in [4.78, 5) is 14.1. The highest BCUT2D eigenvalue weighted by atomic mass is 32.1. The predicted molar refractivity (Wildman–Crippen MR) is 82.3 cm³/mol. The molecular weight excluding hydrogens is 268 g/mol. The number of aryl methyl sites for hydroxylation is 1. The molecule has 1 saturated carbocycles. The number of carbonyl (C=O) groups excluding carboxylic acids is 1. The SMILES string of the molecule is CCc1ccc(/C(C#N)=C\C(=O)NC2CCCCC2)s1. The van der Waals surface area contributed by atoms with Crippen LogP contribution < -0.4 is 5.32 Å². The van der Waals surface area contributed by atoms with Gasteiger partial charge in [-0.2, -0.15) is 5.26 Å². The first-order valence-electron chi connectivity index (χ1n) is 7.24. The summed E-state index contributed by atoms with van der Waals surface area (Å²) in [5.41, 5.74) is 0.461. The molecule has 0 bridgehead atoms. The van der Waals surface area contributed by atoms with Gasteiger partial charge in [0, 0.05) is 21.9 Å². The first-order valence-corrected chi connectivity index (χ1v) is 8.06. The van der Waals surface area contributed by atoms with Gasteiger partial charge in [-0.25, -0.2) is 0 Å². The molecule has 0 atom stereocenters. The summed E-state index contributed by atoms with van der Waals surface area (Å²) in [5, 5.41) is 12.2. The number of nitrogens with one attached hydrogen (secondary N) is 1. The van der Waals surface area contributed by atoms with E-state index in [1.807, 2.05) is 12.1 Å². The molecule has 1 N–H and O–H groups in total. The van der Waals surface area contributed by atoms with E-state index in [0.717, 1.165) is 24.1 Å². The Morgan fingerprint density at radius 1 is 1.45 bits per heavy atom. The normalized spacial score (nSPS) is 16.7. The first-order chi connectivity index (χ1) is 9.72.